The van der Waals surface area contributed by atoms with Crippen molar-refractivity contribution < 1.29 is 23.0 Å². The van der Waals surface area contributed by atoms with Gasteiger partial charge in [0.1, 0.15) is 24.3 Å². The third kappa shape index (κ3) is 5.19. The molecule has 1 aromatic carbocycles. The normalized spacial score (nSPS) is 17.0. The number of amides is 1. The van der Waals surface area contributed by atoms with Crippen LogP contribution in [0.1, 0.15) is 12.0 Å². The van der Waals surface area contributed by atoms with Crippen LogP contribution in [0, 0.1) is 12.7 Å². The minimum absolute atomic E-state index is 0.0223. The Hall–Kier alpha value is -3.73. The number of likely N-dealkylation sites (tertiary alicyclic amines) is 1. The Bertz CT molecular complexity index is 1250. The maximum atomic E-state index is 15.1. The van der Waals surface area contributed by atoms with E-state index < -0.39 is 18.1 Å². The molecule has 5 rings (SSSR count). The van der Waals surface area contributed by atoms with Crippen LogP contribution in [-0.4, -0.2) is 67.5 Å². The molecule has 1 saturated heterocycles. The first kappa shape index (κ1) is 24.4. The molecule has 1 atom stereocenters. The van der Waals surface area contributed by atoms with Crippen LogP contribution in [0.5, 0.6) is 5.88 Å². The van der Waals surface area contributed by atoms with E-state index in [4.69, 9.17) is 10.5 Å². The number of pyridine rings is 2. The number of nitrogen functional groups attached to an aromatic ring is 1. The molecule has 0 saturated carbocycles. The zero-order valence-electron chi connectivity index (χ0n) is 19.8. The second-order valence-corrected chi connectivity index (χ2v) is 8.46. The van der Waals surface area contributed by atoms with Gasteiger partial charge in [0.25, 0.3) is 0 Å². The number of ether oxygens (including phenoxy) is 2. The van der Waals surface area contributed by atoms with Gasteiger partial charge in [0.05, 0.1) is 12.8 Å². The summed E-state index contributed by atoms with van der Waals surface area (Å²) in [6.45, 7) is 4.61. The smallest absolute Gasteiger partial charge is 0.412 e. The molecular weight excluding hydrogens is 458 g/mol. The van der Waals surface area contributed by atoms with E-state index in [1.54, 1.807) is 18.3 Å². The molecule has 2 aromatic heterocycles. The highest BCUT2D eigenvalue weighted by molar-refractivity contribution is 5.99. The molecular formula is C24H28F2N6O3. The van der Waals surface area contributed by atoms with Gasteiger partial charge in [-0.05, 0) is 43.5 Å². The molecule has 186 valence electrons. The Morgan fingerprint density at radius 1 is 1.31 bits per heavy atom. The van der Waals surface area contributed by atoms with Crippen LogP contribution in [-0.2, 0) is 4.74 Å². The first-order chi connectivity index (χ1) is 16.8. The Labute approximate surface area is 201 Å². The molecule has 3 aromatic rings. The van der Waals surface area contributed by atoms with Crippen LogP contribution in [0.2, 0.25) is 0 Å². The second kappa shape index (κ2) is 10.3. The number of alkyl halides is 1. The highest BCUT2D eigenvalue weighted by Gasteiger charge is 2.21. The zero-order valence-corrected chi connectivity index (χ0v) is 19.8. The summed E-state index contributed by atoms with van der Waals surface area (Å²) in [5, 5.41) is 6.79. The quantitative estimate of drug-likeness (QED) is 0.466. The standard InChI is InChI=1S/C19H18FN5O3.C5H10FN/c1-9-12(7-24-18-17(9)22-3-4-28-18)11-5-10-6-14(25-19(26)27-2)23-8-13(10)16(21)15(11)20;1-7-3-2-5(6)4-7/h5-8,22H,3-4,21H2,1-2H3,(H,23,25,26);5H,2-4H2,1H3. The van der Waals surface area contributed by atoms with E-state index >= 15 is 4.39 Å². The molecule has 0 bridgehead atoms. The summed E-state index contributed by atoms with van der Waals surface area (Å²) in [5.41, 5.74) is 8.47. The van der Waals surface area contributed by atoms with E-state index in [0.29, 0.717) is 47.5 Å². The second-order valence-electron chi connectivity index (χ2n) is 8.46. The summed E-state index contributed by atoms with van der Waals surface area (Å²) in [6, 6.07) is 3.26. The van der Waals surface area contributed by atoms with Gasteiger partial charge in [0.2, 0.25) is 5.88 Å². The van der Waals surface area contributed by atoms with E-state index in [1.165, 1.54) is 13.3 Å². The van der Waals surface area contributed by atoms with Crippen molar-refractivity contribution in [1.29, 1.82) is 0 Å². The van der Waals surface area contributed by atoms with Crippen LogP contribution < -0.4 is 21.1 Å². The monoisotopic (exact) mass is 486 g/mol. The average molecular weight is 487 g/mol. The number of nitrogens with zero attached hydrogens (tertiary/aromatic N) is 3. The van der Waals surface area contributed by atoms with Gasteiger partial charge in [-0.15, -0.1) is 0 Å². The van der Waals surface area contributed by atoms with Crippen LogP contribution in [0.15, 0.2) is 24.5 Å². The summed E-state index contributed by atoms with van der Waals surface area (Å²) in [5.74, 6) is 0.214. The molecule has 2 aliphatic rings. The van der Waals surface area contributed by atoms with Gasteiger partial charge in [0.15, 0.2) is 5.82 Å². The van der Waals surface area contributed by atoms with Gasteiger partial charge in [-0.3, -0.25) is 5.32 Å². The van der Waals surface area contributed by atoms with E-state index in [9.17, 15) is 9.18 Å². The maximum Gasteiger partial charge on any atom is 0.412 e. The molecule has 0 radical (unpaired) electrons. The van der Waals surface area contributed by atoms with Crippen molar-refractivity contribution >= 4 is 34.1 Å². The van der Waals surface area contributed by atoms with Crippen molar-refractivity contribution in [3.05, 3.63) is 35.9 Å². The summed E-state index contributed by atoms with van der Waals surface area (Å²) in [4.78, 5) is 21.8. The summed E-state index contributed by atoms with van der Waals surface area (Å²) in [7, 11) is 3.20. The molecule has 1 amide bonds. The minimum Gasteiger partial charge on any atom is -0.474 e. The lowest BCUT2D eigenvalue weighted by Crippen LogP contribution is -2.20. The number of fused-ring (bicyclic) bond motifs is 2. The van der Waals surface area contributed by atoms with Crippen molar-refractivity contribution in [3.8, 4) is 17.0 Å². The van der Waals surface area contributed by atoms with E-state index in [0.717, 1.165) is 24.2 Å². The number of carbonyl (C=O) groups is 1. The molecule has 0 aliphatic carbocycles. The number of methoxy groups -OCH3 is 1. The van der Waals surface area contributed by atoms with Crippen LogP contribution in [0.25, 0.3) is 21.9 Å². The van der Waals surface area contributed by atoms with Crippen molar-refractivity contribution in [2.45, 2.75) is 19.5 Å². The fourth-order valence-corrected chi connectivity index (χ4v) is 4.09. The predicted octanol–water partition coefficient (Wildman–Crippen LogP) is 3.97. The number of halogens is 2. The molecule has 4 heterocycles. The largest absolute Gasteiger partial charge is 0.474 e. The lowest BCUT2D eigenvalue weighted by Gasteiger charge is -2.22. The Kier molecular flexibility index (Phi) is 7.15. The van der Waals surface area contributed by atoms with Crippen molar-refractivity contribution in [2.75, 3.05) is 56.8 Å². The number of rotatable bonds is 2. The number of nitrogens with two attached hydrogens (primary N) is 1. The number of aromatic nitrogens is 2. The highest BCUT2D eigenvalue weighted by Crippen LogP contribution is 2.39. The molecule has 1 unspecified atom stereocenters. The number of anilines is 3. The summed E-state index contributed by atoms with van der Waals surface area (Å²) in [6.07, 6.45) is 2.51. The SMILES string of the molecule is CN1CCC(F)C1.COC(=O)Nc1cc2cc(-c3cnc4c(c3C)NCCO4)c(F)c(N)c2cn1. The molecule has 0 spiro atoms. The van der Waals surface area contributed by atoms with Gasteiger partial charge < -0.3 is 25.4 Å². The number of hydrogen-bond acceptors (Lipinski definition) is 8. The van der Waals surface area contributed by atoms with Crippen molar-refractivity contribution in [2.24, 2.45) is 0 Å². The van der Waals surface area contributed by atoms with Crippen LogP contribution >= 0.6 is 0 Å². The van der Waals surface area contributed by atoms with Gasteiger partial charge in [-0.2, -0.15) is 0 Å². The first-order valence-corrected chi connectivity index (χ1v) is 11.2. The maximum absolute atomic E-state index is 15.1. The number of hydrogen-bond donors (Lipinski definition) is 3. The number of benzene rings is 1. The highest BCUT2D eigenvalue weighted by atomic mass is 19.1. The number of carbonyl (C=O) groups excluding carboxylic acids is 1. The molecule has 2 aliphatic heterocycles. The van der Waals surface area contributed by atoms with Crippen molar-refractivity contribution in [3.63, 3.8) is 0 Å². The molecule has 4 N–H and O–H groups in total. The molecule has 9 nitrogen and oxygen atoms in total. The van der Waals surface area contributed by atoms with Gasteiger partial charge in [0, 0.05) is 48.5 Å². The van der Waals surface area contributed by atoms with Gasteiger partial charge in [-0.1, -0.05) is 0 Å². The molecule has 1 fully saturated rings. The topological polar surface area (TPSA) is 115 Å². The third-order valence-corrected chi connectivity index (χ3v) is 5.98. The van der Waals surface area contributed by atoms with Crippen LogP contribution in [0.3, 0.4) is 0 Å². The van der Waals surface area contributed by atoms with Crippen molar-refractivity contribution in [1.82, 2.24) is 14.9 Å². The Morgan fingerprint density at radius 3 is 2.77 bits per heavy atom. The van der Waals surface area contributed by atoms with Crippen LogP contribution in [0.4, 0.5) is 30.8 Å². The number of nitrogens with one attached hydrogen (secondary N) is 2. The van der Waals surface area contributed by atoms with Gasteiger partial charge in [-0.25, -0.2) is 23.5 Å². The predicted molar refractivity (Wildman–Crippen MR) is 131 cm³/mol. The Balaban J connectivity index is 0.000000356. The fourth-order valence-electron chi connectivity index (χ4n) is 4.09. The Morgan fingerprint density at radius 2 is 2.11 bits per heavy atom. The summed E-state index contributed by atoms with van der Waals surface area (Å²) >= 11 is 0. The third-order valence-electron chi connectivity index (χ3n) is 5.98. The molecule has 11 heteroatoms. The average Bonchev–Trinajstić information content (AvgIpc) is 3.24. The molecule has 35 heavy (non-hydrogen) atoms. The van der Waals surface area contributed by atoms with E-state index in [2.05, 4.69) is 25.3 Å². The summed E-state index contributed by atoms with van der Waals surface area (Å²) < 4.78 is 37.3. The van der Waals surface area contributed by atoms with Gasteiger partial charge >= 0.3 is 6.09 Å². The fraction of sp³-hybridized carbons (Fsp3) is 0.375. The minimum atomic E-state index is -0.650. The first-order valence-electron chi connectivity index (χ1n) is 11.2. The van der Waals surface area contributed by atoms with E-state index in [-0.39, 0.29) is 11.5 Å². The lowest BCUT2D eigenvalue weighted by molar-refractivity contribution is 0.187. The van der Waals surface area contributed by atoms with E-state index in [1.807, 2.05) is 18.9 Å². The zero-order chi connectivity index (χ0) is 25.1. The lowest BCUT2D eigenvalue weighted by atomic mass is 9.97.